The molecule has 0 aliphatic heterocycles. The van der Waals surface area contributed by atoms with Crippen LogP contribution in [0.2, 0.25) is 0 Å². The summed E-state index contributed by atoms with van der Waals surface area (Å²) in [4.78, 5) is 0.234. The molecule has 7 nitrogen and oxygen atoms in total. The van der Waals surface area contributed by atoms with E-state index in [4.69, 9.17) is 11.5 Å². The summed E-state index contributed by atoms with van der Waals surface area (Å²) in [6.45, 7) is 0. The molecule has 3 rings (SSSR count). The molecule has 2 aromatic carbocycles. The molecule has 0 spiro atoms. The van der Waals surface area contributed by atoms with Crippen molar-refractivity contribution in [3.05, 3.63) is 60.8 Å². The second-order valence-electron chi connectivity index (χ2n) is 4.96. The van der Waals surface area contributed by atoms with Gasteiger partial charge in [0.1, 0.15) is 6.29 Å². The van der Waals surface area contributed by atoms with E-state index in [0.29, 0.717) is 11.2 Å². The molecule has 0 saturated carbocycles. The molecule has 3 aromatic rings. The van der Waals surface area contributed by atoms with Crippen LogP contribution in [0.4, 0.5) is 5.69 Å². The maximum Gasteiger partial charge on any atom is 0.268 e. The van der Waals surface area contributed by atoms with Crippen molar-refractivity contribution in [3.63, 3.8) is 0 Å². The van der Waals surface area contributed by atoms with Crippen LogP contribution in [0.25, 0.3) is 10.9 Å². The first kappa shape index (κ1) is 15.5. The molecule has 6 N–H and O–H groups in total. The van der Waals surface area contributed by atoms with Crippen molar-refractivity contribution in [2.45, 2.75) is 11.2 Å². The molecule has 23 heavy (non-hydrogen) atoms. The molecule has 0 atom stereocenters. The average molecular weight is 331 g/mol. The van der Waals surface area contributed by atoms with Gasteiger partial charge in [0.05, 0.1) is 16.1 Å². The predicted octanol–water partition coefficient (Wildman–Crippen LogP) is 0.996. The van der Waals surface area contributed by atoms with E-state index in [1.54, 1.807) is 54.6 Å². The van der Waals surface area contributed by atoms with Crippen LogP contribution in [-0.2, 0) is 10.0 Å². The third-order valence-electron chi connectivity index (χ3n) is 3.37. The van der Waals surface area contributed by atoms with E-state index in [-0.39, 0.29) is 4.90 Å². The summed E-state index contributed by atoms with van der Waals surface area (Å²) in [6.07, 6.45) is 0.793. The fourth-order valence-corrected chi connectivity index (χ4v) is 3.70. The SMILES string of the molecule is NC(N)NNc1cccc2c1ccn2S(=O)(=O)c1ccccc1. The lowest BCUT2D eigenvalue weighted by atomic mass is 10.2. The summed E-state index contributed by atoms with van der Waals surface area (Å²) in [5.41, 5.74) is 17.7. The quantitative estimate of drug-likeness (QED) is 0.409. The van der Waals surface area contributed by atoms with E-state index in [1.807, 2.05) is 0 Å². The van der Waals surface area contributed by atoms with Crippen molar-refractivity contribution in [1.29, 1.82) is 0 Å². The minimum absolute atomic E-state index is 0.234. The van der Waals surface area contributed by atoms with Crippen LogP contribution in [0.1, 0.15) is 0 Å². The van der Waals surface area contributed by atoms with Gasteiger partial charge in [0.15, 0.2) is 0 Å². The highest BCUT2D eigenvalue weighted by Crippen LogP contribution is 2.27. The fraction of sp³-hybridized carbons (Fsp3) is 0.0667. The second-order valence-corrected chi connectivity index (χ2v) is 6.78. The van der Waals surface area contributed by atoms with Crippen LogP contribution in [0.5, 0.6) is 0 Å². The molecule has 0 saturated heterocycles. The summed E-state index contributed by atoms with van der Waals surface area (Å²) in [7, 11) is -3.65. The van der Waals surface area contributed by atoms with Crippen molar-refractivity contribution in [2.24, 2.45) is 11.5 Å². The zero-order valence-corrected chi connectivity index (χ0v) is 13.0. The lowest BCUT2D eigenvalue weighted by Gasteiger charge is -2.13. The molecule has 0 aliphatic carbocycles. The monoisotopic (exact) mass is 331 g/mol. The first-order valence-corrected chi connectivity index (χ1v) is 8.37. The summed E-state index contributed by atoms with van der Waals surface area (Å²) >= 11 is 0. The number of hydrogen-bond donors (Lipinski definition) is 4. The Hall–Kier alpha value is -2.39. The van der Waals surface area contributed by atoms with Gasteiger partial charge in [-0.3, -0.25) is 0 Å². The number of fused-ring (bicyclic) bond motifs is 1. The Morgan fingerprint density at radius 1 is 0.957 bits per heavy atom. The average Bonchev–Trinajstić information content (AvgIpc) is 2.99. The Morgan fingerprint density at radius 2 is 1.70 bits per heavy atom. The van der Waals surface area contributed by atoms with E-state index in [9.17, 15) is 8.42 Å². The van der Waals surface area contributed by atoms with Gasteiger partial charge in [-0.25, -0.2) is 17.8 Å². The molecule has 120 valence electrons. The number of hydrazine groups is 1. The topological polar surface area (TPSA) is 115 Å². The molecular weight excluding hydrogens is 314 g/mol. The smallest absolute Gasteiger partial charge is 0.268 e. The molecule has 0 aliphatic rings. The number of nitrogens with two attached hydrogens (primary N) is 2. The van der Waals surface area contributed by atoms with Gasteiger partial charge in [-0.1, -0.05) is 24.3 Å². The third kappa shape index (κ3) is 2.92. The molecule has 0 fully saturated rings. The normalized spacial score (nSPS) is 12.0. The molecule has 0 unspecified atom stereocenters. The maximum absolute atomic E-state index is 12.8. The lowest BCUT2D eigenvalue weighted by Crippen LogP contribution is -2.48. The Kier molecular flexibility index (Phi) is 4.05. The number of benzene rings is 2. The maximum atomic E-state index is 12.8. The van der Waals surface area contributed by atoms with Crippen molar-refractivity contribution in [2.75, 3.05) is 5.43 Å². The van der Waals surface area contributed by atoms with Crippen molar-refractivity contribution < 1.29 is 8.42 Å². The Morgan fingerprint density at radius 3 is 2.39 bits per heavy atom. The van der Waals surface area contributed by atoms with Crippen LogP contribution in [0, 0.1) is 0 Å². The molecule has 0 bridgehead atoms. The van der Waals surface area contributed by atoms with Gasteiger partial charge >= 0.3 is 0 Å². The van der Waals surface area contributed by atoms with Gasteiger partial charge in [0, 0.05) is 11.6 Å². The first-order valence-electron chi connectivity index (χ1n) is 6.93. The van der Waals surface area contributed by atoms with E-state index < -0.39 is 16.3 Å². The van der Waals surface area contributed by atoms with Crippen LogP contribution in [0.3, 0.4) is 0 Å². The zero-order chi connectivity index (χ0) is 16.4. The van der Waals surface area contributed by atoms with Gasteiger partial charge in [0.2, 0.25) is 0 Å². The molecular formula is C15H17N5O2S. The zero-order valence-electron chi connectivity index (χ0n) is 12.2. The number of hydrogen-bond acceptors (Lipinski definition) is 6. The molecule has 0 radical (unpaired) electrons. The Labute approximate surface area is 133 Å². The summed E-state index contributed by atoms with van der Waals surface area (Å²) < 4.78 is 26.8. The van der Waals surface area contributed by atoms with Crippen LogP contribution >= 0.6 is 0 Å². The lowest BCUT2D eigenvalue weighted by molar-refractivity contribution is 0.589. The van der Waals surface area contributed by atoms with Crippen LogP contribution in [0.15, 0.2) is 65.7 Å². The van der Waals surface area contributed by atoms with E-state index in [2.05, 4.69) is 10.9 Å². The van der Waals surface area contributed by atoms with Gasteiger partial charge in [-0.15, -0.1) is 0 Å². The van der Waals surface area contributed by atoms with E-state index in [0.717, 1.165) is 5.39 Å². The van der Waals surface area contributed by atoms with Crippen LogP contribution in [-0.4, -0.2) is 18.7 Å². The third-order valence-corrected chi connectivity index (χ3v) is 5.07. The number of aromatic nitrogens is 1. The summed E-state index contributed by atoms with van der Waals surface area (Å²) in [5.74, 6) is 0. The number of nitrogens with zero attached hydrogens (tertiary/aromatic N) is 1. The van der Waals surface area contributed by atoms with Crippen molar-refractivity contribution in [3.8, 4) is 0 Å². The van der Waals surface area contributed by atoms with E-state index in [1.165, 1.54) is 10.2 Å². The van der Waals surface area contributed by atoms with Crippen molar-refractivity contribution >= 4 is 26.6 Å². The standard InChI is InChI=1S/C15H17N5O2S/c16-15(17)19-18-13-7-4-8-14-12(13)9-10-20(14)23(21,22)11-5-2-1-3-6-11/h1-10,15,18-19H,16-17H2. The molecule has 1 heterocycles. The predicted molar refractivity (Wildman–Crippen MR) is 89.9 cm³/mol. The summed E-state index contributed by atoms with van der Waals surface area (Å²) in [6, 6.07) is 15.3. The minimum Gasteiger partial charge on any atom is -0.318 e. The van der Waals surface area contributed by atoms with Gasteiger partial charge in [0.25, 0.3) is 10.0 Å². The van der Waals surface area contributed by atoms with Gasteiger partial charge in [-0.05, 0) is 30.3 Å². The highest BCUT2D eigenvalue weighted by atomic mass is 32.2. The second kappa shape index (κ2) is 6.01. The number of nitrogens with one attached hydrogen (secondary N) is 2. The first-order chi connectivity index (χ1) is 11.0. The highest BCUT2D eigenvalue weighted by Gasteiger charge is 2.19. The summed E-state index contributed by atoms with van der Waals surface area (Å²) in [5, 5.41) is 0.736. The van der Waals surface area contributed by atoms with Crippen molar-refractivity contribution in [1.82, 2.24) is 9.40 Å². The van der Waals surface area contributed by atoms with Crippen LogP contribution < -0.4 is 22.3 Å². The highest BCUT2D eigenvalue weighted by molar-refractivity contribution is 7.90. The minimum atomic E-state index is -3.65. The molecule has 0 amide bonds. The number of rotatable bonds is 5. The Bertz CT molecular complexity index is 919. The van der Waals surface area contributed by atoms with E-state index >= 15 is 0 Å². The largest absolute Gasteiger partial charge is 0.318 e. The molecule has 8 heteroatoms. The fourth-order valence-electron chi connectivity index (χ4n) is 2.33. The van der Waals surface area contributed by atoms with Gasteiger partial charge < -0.3 is 16.9 Å². The van der Waals surface area contributed by atoms with Gasteiger partial charge in [-0.2, -0.15) is 0 Å². The molecule has 1 aromatic heterocycles. The Balaban J connectivity index is 2.09. The number of anilines is 1.